The number of nitrogens with one attached hydrogen (secondary N) is 1. The minimum atomic E-state index is -0.218. The first-order valence-electron chi connectivity index (χ1n) is 5.74. The molecule has 2 aromatic rings. The van der Waals surface area contributed by atoms with Crippen molar-refractivity contribution in [3.8, 4) is 0 Å². The normalized spacial score (nSPS) is 11.9. The van der Waals surface area contributed by atoms with Gasteiger partial charge in [0.1, 0.15) is 5.69 Å². The maximum absolute atomic E-state index is 12.1. The lowest BCUT2D eigenvalue weighted by Gasteiger charge is -2.16. The lowest BCUT2D eigenvalue weighted by Crippen LogP contribution is -2.30. The summed E-state index contributed by atoms with van der Waals surface area (Å²) in [5.74, 6) is -0.218. The van der Waals surface area contributed by atoms with Crippen LogP contribution >= 0.6 is 27.5 Å². The molecule has 5 heteroatoms. The summed E-state index contributed by atoms with van der Waals surface area (Å²) in [6.45, 7) is 0. The van der Waals surface area contributed by atoms with Crippen LogP contribution in [0.1, 0.15) is 22.1 Å². The van der Waals surface area contributed by atoms with Crippen molar-refractivity contribution in [3.05, 3.63) is 64.9 Å². The average molecular weight is 340 g/mol. The van der Waals surface area contributed by atoms with Crippen LogP contribution in [0.2, 0.25) is 5.02 Å². The first-order valence-corrected chi connectivity index (χ1v) is 7.24. The van der Waals surface area contributed by atoms with Crippen LogP contribution in [0.25, 0.3) is 0 Å². The van der Waals surface area contributed by atoms with Crippen LogP contribution in [-0.2, 0) is 0 Å². The fourth-order valence-corrected chi connectivity index (χ4v) is 2.29. The van der Waals surface area contributed by atoms with Crippen molar-refractivity contribution in [1.29, 1.82) is 0 Å². The van der Waals surface area contributed by atoms with Gasteiger partial charge in [-0.1, -0.05) is 57.9 Å². The van der Waals surface area contributed by atoms with E-state index in [0.29, 0.717) is 16.0 Å². The summed E-state index contributed by atoms with van der Waals surface area (Å²) in [6, 6.07) is 12.9. The van der Waals surface area contributed by atoms with E-state index in [4.69, 9.17) is 11.6 Å². The number of benzene rings is 1. The Kier molecular flexibility index (Phi) is 4.93. The second-order valence-corrected chi connectivity index (χ2v) is 5.04. The third-order valence-corrected chi connectivity index (χ3v) is 3.49. The number of aromatic nitrogens is 1. The Labute approximate surface area is 125 Å². The molecule has 0 fully saturated rings. The maximum atomic E-state index is 12.1. The zero-order chi connectivity index (χ0) is 13.7. The topological polar surface area (TPSA) is 42.0 Å². The van der Waals surface area contributed by atoms with Crippen molar-refractivity contribution in [2.75, 3.05) is 5.33 Å². The minimum absolute atomic E-state index is 0.0915. The van der Waals surface area contributed by atoms with Crippen molar-refractivity contribution < 1.29 is 4.79 Å². The van der Waals surface area contributed by atoms with E-state index in [9.17, 15) is 4.79 Å². The van der Waals surface area contributed by atoms with Gasteiger partial charge in [0, 0.05) is 11.5 Å². The minimum Gasteiger partial charge on any atom is -0.343 e. The molecule has 1 unspecified atom stereocenters. The Balaban J connectivity index is 2.10. The Morgan fingerprint density at radius 2 is 2.00 bits per heavy atom. The third kappa shape index (κ3) is 3.78. The average Bonchev–Trinajstić information content (AvgIpc) is 2.46. The summed E-state index contributed by atoms with van der Waals surface area (Å²) in [6.07, 6.45) is 1.46. The van der Waals surface area contributed by atoms with E-state index in [1.165, 1.54) is 6.20 Å². The van der Waals surface area contributed by atoms with Crippen LogP contribution < -0.4 is 5.32 Å². The Morgan fingerprint density at radius 3 is 2.58 bits per heavy atom. The lowest BCUT2D eigenvalue weighted by atomic mass is 10.1. The molecule has 1 aromatic heterocycles. The zero-order valence-electron chi connectivity index (χ0n) is 10.0. The molecule has 1 amide bonds. The fourth-order valence-electron chi connectivity index (χ4n) is 1.64. The van der Waals surface area contributed by atoms with Gasteiger partial charge in [0.2, 0.25) is 0 Å². The van der Waals surface area contributed by atoms with Gasteiger partial charge in [-0.25, -0.2) is 4.98 Å². The van der Waals surface area contributed by atoms with Crippen LogP contribution in [0.5, 0.6) is 0 Å². The van der Waals surface area contributed by atoms with Gasteiger partial charge < -0.3 is 5.32 Å². The van der Waals surface area contributed by atoms with Crippen molar-refractivity contribution in [1.82, 2.24) is 10.3 Å². The first kappa shape index (κ1) is 14.0. The standard InChI is InChI=1S/C14H12BrClN2O/c15-8-13(10-4-2-1-3-5-10)18-14(19)12-7-6-11(16)9-17-12/h1-7,9,13H,8H2,(H,18,19). The third-order valence-electron chi connectivity index (χ3n) is 2.62. The molecule has 2 rings (SSSR count). The van der Waals surface area contributed by atoms with Crippen LogP contribution in [0.3, 0.4) is 0 Å². The predicted octanol–water partition coefficient (Wildman–Crippen LogP) is 3.60. The van der Waals surface area contributed by atoms with E-state index in [2.05, 4.69) is 26.2 Å². The molecule has 0 aliphatic carbocycles. The summed E-state index contributed by atoms with van der Waals surface area (Å²) in [5.41, 5.74) is 1.40. The van der Waals surface area contributed by atoms with E-state index in [-0.39, 0.29) is 11.9 Å². The van der Waals surface area contributed by atoms with Crippen molar-refractivity contribution in [2.45, 2.75) is 6.04 Å². The van der Waals surface area contributed by atoms with Crippen LogP contribution in [-0.4, -0.2) is 16.2 Å². The molecule has 3 nitrogen and oxygen atoms in total. The van der Waals surface area contributed by atoms with Gasteiger partial charge in [0.05, 0.1) is 11.1 Å². The number of halogens is 2. The first-order chi connectivity index (χ1) is 9.20. The number of carbonyl (C=O) groups excluding carboxylic acids is 1. The number of carbonyl (C=O) groups is 1. The summed E-state index contributed by atoms with van der Waals surface area (Å²) < 4.78 is 0. The molecular weight excluding hydrogens is 328 g/mol. The van der Waals surface area contributed by atoms with E-state index >= 15 is 0 Å². The Bertz CT molecular complexity index is 545. The highest BCUT2D eigenvalue weighted by Crippen LogP contribution is 2.15. The molecule has 0 radical (unpaired) electrons. The highest BCUT2D eigenvalue weighted by molar-refractivity contribution is 9.09. The summed E-state index contributed by atoms with van der Waals surface area (Å²) in [5, 5.41) is 4.07. The Hall–Kier alpha value is -1.39. The zero-order valence-corrected chi connectivity index (χ0v) is 12.4. The molecule has 0 aliphatic heterocycles. The molecular formula is C14H12BrClN2O. The smallest absolute Gasteiger partial charge is 0.270 e. The van der Waals surface area contributed by atoms with Gasteiger partial charge >= 0.3 is 0 Å². The number of hydrogen-bond acceptors (Lipinski definition) is 2. The Morgan fingerprint density at radius 1 is 1.26 bits per heavy atom. The number of rotatable bonds is 4. The number of alkyl halides is 1. The highest BCUT2D eigenvalue weighted by atomic mass is 79.9. The molecule has 0 bridgehead atoms. The highest BCUT2D eigenvalue weighted by Gasteiger charge is 2.15. The van der Waals surface area contributed by atoms with E-state index in [1.54, 1.807) is 12.1 Å². The van der Waals surface area contributed by atoms with Crippen LogP contribution in [0.15, 0.2) is 48.7 Å². The van der Waals surface area contributed by atoms with Crippen molar-refractivity contribution >= 4 is 33.4 Å². The van der Waals surface area contributed by atoms with Gasteiger partial charge in [-0.05, 0) is 17.7 Å². The summed E-state index contributed by atoms with van der Waals surface area (Å²) in [7, 11) is 0. The molecule has 0 saturated carbocycles. The van der Waals surface area contributed by atoms with Crippen LogP contribution in [0.4, 0.5) is 0 Å². The molecule has 0 spiro atoms. The fraction of sp³-hybridized carbons (Fsp3) is 0.143. The molecule has 1 atom stereocenters. The van der Waals surface area contributed by atoms with Crippen LogP contribution in [0, 0.1) is 0 Å². The summed E-state index contributed by atoms with van der Waals surface area (Å²) >= 11 is 9.15. The second kappa shape index (κ2) is 6.68. The van der Waals surface area contributed by atoms with Crippen molar-refractivity contribution in [3.63, 3.8) is 0 Å². The van der Waals surface area contributed by atoms with Gasteiger partial charge in [-0.2, -0.15) is 0 Å². The molecule has 1 heterocycles. The van der Waals surface area contributed by atoms with Crippen molar-refractivity contribution in [2.24, 2.45) is 0 Å². The molecule has 98 valence electrons. The molecule has 0 saturated heterocycles. The van der Waals surface area contributed by atoms with E-state index in [1.807, 2.05) is 30.3 Å². The number of hydrogen-bond donors (Lipinski definition) is 1. The summed E-state index contributed by atoms with van der Waals surface area (Å²) in [4.78, 5) is 16.1. The predicted molar refractivity (Wildman–Crippen MR) is 79.7 cm³/mol. The van der Waals surface area contributed by atoms with E-state index < -0.39 is 0 Å². The number of nitrogens with zero attached hydrogens (tertiary/aromatic N) is 1. The van der Waals surface area contributed by atoms with Gasteiger partial charge in [-0.15, -0.1) is 0 Å². The monoisotopic (exact) mass is 338 g/mol. The number of pyridine rings is 1. The van der Waals surface area contributed by atoms with Gasteiger partial charge in [-0.3, -0.25) is 4.79 Å². The number of amides is 1. The lowest BCUT2D eigenvalue weighted by molar-refractivity contribution is 0.0936. The molecule has 19 heavy (non-hydrogen) atoms. The maximum Gasteiger partial charge on any atom is 0.270 e. The largest absolute Gasteiger partial charge is 0.343 e. The van der Waals surface area contributed by atoms with Gasteiger partial charge in [0.15, 0.2) is 0 Å². The van der Waals surface area contributed by atoms with E-state index in [0.717, 1.165) is 5.56 Å². The second-order valence-electron chi connectivity index (χ2n) is 3.95. The SMILES string of the molecule is O=C(NC(CBr)c1ccccc1)c1ccc(Cl)cn1. The quantitative estimate of drug-likeness (QED) is 0.865. The molecule has 1 aromatic carbocycles. The molecule has 1 N–H and O–H groups in total. The van der Waals surface area contributed by atoms with Gasteiger partial charge in [0.25, 0.3) is 5.91 Å². The molecule has 0 aliphatic rings.